The van der Waals surface area contributed by atoms with E-state index in [1.807, 2.05) is 32.3 Å². The van der Waals surface area contributed by atoms with Crippen LogP contribution in [0.1, 0.15) is 18.5 Å². The number of nitrogens with zero attached hydrogens (tertiary/aromatic N) is 5. The molecule has 3 aromatic rings. The number of phenols is 1. The molecule has 5 atom stereocenters. The molecule has 5 unspecified atom stereocenters. The summed E-state index contributed by atoms with van der Waals surface area (Å²) in [4.78, 5) is 2.06. The first-order chi connectivity index (χ1) is 15.4. The monoisotopic (exact) mass is 439 g/mol. The maximum absolute atomic E-state index is 15.2. The van der Waals surface area contributed by atoms with E-state index in [9.17, 15) is 5.11 Å². The number of methoxy groups -OCH3 is 1. The Morgan fingerprint density at radius 1 is 1.09 bits per heavy atom. The lowest BCUT2D eigenvalue weighted by molar-refractivity contribution is -0.0420. The number of aromatic hydroxyl groups is 1. The van der Waals surface area contributed by atoms with Gasteiger partial charge in [0.1, 0.15) is 11.9 Å². The molecule has 0 saturated carbocycles. The second kappa shape index (κ2) is 8.14. The van der Waals surface area contributed by atoms with E-state index in [2.05, 4.69) is 20.2 Å². The number of likely N-dealkylation sites (N-methyl/N-ethyl adjacent to an activating group) is 1. The van der Waals surface area contributed by atoms with Crippen molar-refractivity contribution in [2.45, 2.75) is 50.2 Å². The van der Waals surface area contributed by atoms with Crippen molar-refractivity contribution in [3.63, 3.8) is 0 Å². The smallest absolute Gasteiger partial charge is 0.233 e. The van der Waals surface area contributed by atoms with Gasteiger partial charge in [-0.1, -0.05) is 0 Å². The number of benzene rings is 1. The van der Waals surface area contributed by atoms with Crippen molar-refractivity contribution in [3.8, 4) is 28.6 Å². The fraction of sp³-hybridized carbons (Fsp3) is 0.435. The standard InChI is InChI=1S/C23H26FN5O3/c1-13-8-9-29(27-13)14-4-5-16(18(30)10-14)17-6-7-21(26-25-17)32-19-11-15-12-20(31-3)23(22(19)24)28(15)2/h4-10,15,19-20,22-23,30H,11-12H2,1-3H3. The van der Waals surface area contributed by atoms with Crippen LogP contribution in [0.15, 0.2) is 42.6 Å². The zero-order valence-corrected chi connectivity index (χ0v) is 18.2. The summed E-state index contributed by atoms with van der Waals surface area (Å²) in [5.41, 5.74) is 2.67. The molecule has 5 rings (SSSR count). The SMILES string of the molecule is COC1CC2CC(Oc3ccc(-c4ccc(-n5ccc(C)n5)cc4O)nn3)C(F)C1N2C. The van der Waals surface area contributed by atoms with E-state index in [0.29, 0.717) is 17.7 Å². The largest absolute Gasteiger partial charge is 0.507 e. The number of fused-ring (bicyclic) bond motifs is 2. The maximum Gasteiger partial charge on any atom is 0.233 e. The molecule has 1 aromatic carbocycles. The van der Waals surface area contributed by atoms with E-state index in [4.69, 9.17) is 9.47 Å². The number of phenolic OH excluding ortho intramolecular Hbond substituents is 1. The fourth-order valence-electron chi connectivity index (χ4n) is 4.86. The van der Waals surface area contributed by atoms with Gasteiger partial charge in [-0.3, -0.25) is 4.90 Å². The van der Waals surface area contributed by atoms with Crippen molar-refractivity contribution < 1.29 is 19.0 Å². The summed E-state index contributed by atoms with van der Waals surface area (Å²) in [6, 6.07) is 10.4. The average Bonchev–Trinajstić information content (AvgIpc) is 3.32. The van der Waals surface area contributed by atoms with Gasteiger partial charge in [-0.25, -0.2) is 9.07 Å². The quantitative estimate of drug-likeness (QED) is 0.654. The van der Waals surface area contributed by atoms with E-state index in [0.717, 1.165) is 17.8 Å². The zero-order chi connectivity index (χ0) is 22.4. The average molecular weight is 439 g/mol. The molecule has 2 saturated heterocycles. The minimum atomic E-state index is -1.17. The van der Waals surface area contributed by atoms with E-state index >= 15 is 4.39 Å². The Hall–Kier alpha value is -3.04. The van der Waals surface area contributed by atoms with Crippen LogP contribution in [0.5, 0.6) is 11.6 Å². The molecule has 0 amide bonds. The summed E-state index contributed by atoms with van der Waals surface area (Å²) in [7, 11) is 3.57. The Labute approximate surface area is 185 Å². The van der Waals surface area contributed by atoms with Crippen molar-refractivity contribution in [3.05, 3.63) is 48.3 Å². The molecular weight excluding hydrogens is 413 g/mol. The molecule has 8 nitrogen and oxygen atoms in total. The van der Waals surface area contributed by atoms with Crippen molar-refractivity contribution in [1.29, 1.82) is 0 Å². The van der Waals surface area contributed by atoms with Gasteiger partial charge in [-0.05, 0) is 44.7 Å². The third kappa shape index (κ3) is 3.61. The number of rotatable bonds is 5. The van der Waals surface area contributed by atoms with Crippen molar-refractivity contribution in [2.75, 3.05) is 14.2 Å². The summed E-state index contributed by atoms with van der Waals surface area (Å²) in [6.07, 6.45) is 1.32. The Balaban J connectivity index is 1.31. The van der Waals surface area contributed by atoms with Crippen LogP contribution in [0, 0.1) is 6.92 Å². The number of ether oxygens (including phenoxy) is 2. The fourth-order valence-corrected chi connectivity index (χ4v) is 4.86. The molecule has 0 radical (unpaired) electrons. The molecule has 4 heterocycles. The van der Waals surface area contributed by atoms with Crippen molar-refractivity contribution >= 4 is 0 Å². The Morgan fingerprint density at radius 2 is 1.91 bits per heavy atom. The summed E-state index contributed by atoms with van der Waals surface area (Å²) in [6.45, 7) is 1.90. The number of aromatic nitrogens is 4. The van der Waals surface area contributed by atoms with E-state index in [1.165, 1.54) is 0 Å². The summed E-state index contributed by atoms with van der Waals surface area (Å²) >= 11 is 0. The molecule has 2 aromatic heterocycles. The molecule has 2 aliphatic heterocycles. The lowest BCUT2D eigenvalue weighted by Gasteiger charge is -2.39. The molecule has 32 heavy (non-hydrogen) atoms. The minimum absolute atomic E-state index is 0.0694. The highest BCUT2D eigenvalue weighted by Gasteiger charge is 2.52. The number of halogens is 1. The van der Waals surface area contributed by atoms with Crippen molar-refractivity contribution in [1.82, 2.24) is 24.9 Å². The van der Waals surface area contributed by atoms with E-state index < -0.39 is 12.3 Å². The predicted molar refractivity (Wildman–Crippen MR) is 116 cm³/mol. The Bertz CT molecular complexity index is 1110. The normalized spacial score (nSPS) is 27.6. The van der Waals surface area contributed by atoms with Crippen LogP contribution in [-0.4, -0.2) is 74.6 Å². The van der Waals surface area contributed by atoms with E-state index in [1.54, 1.807) is 36.1 Å². The van der Waals surface area contributed by atoms with Gasteiger partial charge in [0.15, 0.2) is 6.17 Å². The van der Waals surface area contributed by atoms with Crippen LogP contribution in [0.2, 0.25) is 0 Å². The van der Waals surface area contributed by atoms with Crippen LogP contribution in [0.4, 0.5) is 4.39 Å². The lowest BCUT2D eigenvalue weighted by atomic mass is 9.98. The minimum Gasteiger partial charge on any atom is -0.507 e. The molecule has 0 spiro atoms. The van der Waals surface area contributed by atoms with Gasteiger partial charge < -0.3 is 14.6 Å². The van der Waals surface area contributed by atoms with Gasteiger partial charge in [0, 0.05) is 43.5 Å². The Kier molecular flexibility index (Phi) is 5.30. The van der Waals surface area contributed by atoms with Gasteiger partial charge in [-0.2, -0.15) is 5.10 Å². The first-order valence-corrected chi connectivity index (χ1v) is 10.7. The topological polar surface area (TPSA) is 85.5 Å². The number of aryl methyl sites for hydroxylation is 1. The summed E-state index contributed by atoms with van der Waals surface area (Å²) < 4.78 is 28.2. The van der Waals surface area contributed by atoms with Crippen LogP contribution in [0.3, 0.4) is 0 Å². The van der Waals surface area contributed by atoms with Crippen molar-refractivity contribution in [2.24, 2.45) is 0 Å². The molecule has 2 bridgehead atoms. The second-order valence-corrected chi connectivity index (χ2v) is 8.52. The Morgan fingerprint density at radius 3 is 2.56 bits per heavy atom. The van der Waals surface area contributed by atoms with Gasteiger partial charge in [0.05, 0.1) is 29.2 Å². The first-order valence-electron chi connectivity index (χ1n) is 10.7. The zero-order valence-electron chi connectivity index (χ0n) is 18.2. The maximum atomic E-state index is 15.2. The number of piperidine rings is 1. The molecule has 2 fully saturated rings. The summed E-state index contributed by atoms with van der Waals surface area (Å²) in [5.74, 6) is 0.336. The van der Waals surface area contributed by atoms with Gasteiger partial charge in [0.25, 0.3) is 0 Å². The highest BCUT2D eigenvalue weighted by Crippen LogP contribution is 2.39. The third-order valence-corrected chi connectivity index (χ3v) is 6.58. The molecule has 9 heteroatoms. The third-order valence-electron chi connectivity index (χ3n) is 6.58. The summed E-state index contributed by atoms with van der Waals surface area (Å²) in [5, 5.41) is 23.2. The lowest BCUT2D eigenvalue weighted by Crippen LogP contribution is -2.54. The van der Waals surface area contributed by atoms with Gasteiger partial charge in [0.2, 0.25) is 5.88 Å². The number of hydrogen-bond donors (Lipinski definition) is 1. The molecular formula is C23H26FN5O3. The molecule has 1 N–H and O–H groups in total. The highest BCUT2D eigenvalue weighted by molar-refractivity contribution is 5.68. The van der Waals surface area contributed by atoms with Crippen LogP contribution in [-0.2, 0) is 4.74 Å². The van der Waals surface area contributed by atoms with Crippen LogP contribution >= 0.6 is 0 Å². The number of alkyl halides is 1. The molecule has 2 aliphatic rings. The second-order valence-electron chi connectivity index (χ2n) is 8.52. The van der Waals surface area contributed by atoms with Gasteiger partial charge in [-0.15, -0.1) is 10.2 Å². The molecule has 168 valence electrons. The van der Waals surface area contributed by atoms with Crippen LogP contribution < -0.4 is 4.74 Å². The van der Waals surface area contributed by atoms with E-state index in [-0.39, 0.29) is 29.8 Å². The van der Waals surface area contributed by atoms with Crippen LogP contribution in [0.25, 0.3) is 16.9 Å². The predicted octanol–water partition coefficient (Wildman–Crippen LogP) is 2.92. The number of hydrogen-bond acceptors (Lipinski definition) is 7. The first kappa shape index (κ1) is 20.8. The van der Waals surface area contributed by atoms with Gasteiger partial charge >= 0.3 is 0 Å². The molecule has 0 aliphatic carbocycles. The highest BCUT2D eigenvalue weighted by atomic mass is 19.1.